The average Bonchev–Trinajstić information content (AvgIpc) is 3.40. The third-order valence-electron chi connectivity index (χ3n) is 5.33. The van der Waals surface area contributed by atoms with Gasteiger partial charge in [0.05, 0.1) is 18.0 Å². The van der Waals surface area contributed by atoms with Crippen LogP contribution in [0.15, 0.2) is 61.2 Å². The number of carbonyl (C=O) groups is 1. The van der Waals surface area contributed by atoms with Crippen molar-refractivity contribution in [3.63, 3.8) is 0 Å². The summed E-state index contributed by atoms with van der Waals surface area (Å²) in [5.41, 5.74) is 4.43. The van der Waals surface area contributed by atoms with Gasteiger partial charge in [0, 0.05) is 12.1 Å². The molecule has 0 radical (unpaired) electrons. The lowest BCUT2D eigenvalue weighted by atomic mass is 10.1. The molecule has 0 bridgehead atoms. The highest BCUT2D eigenvalue weighted by Crippen LogP contribution is 2.22. The maximum absolute atomic E-state index is 12.6. The molecule has 33 heavy (non-hydrogen) atoms. The van der Waals surface area contributed by atoms with Crippen molar-refractivity contribution in [1.82, 2.24) is 29.9 Å². The van der Waals surface area contributed by atoms with Crippen LogP contribution >= 0.6 is 0 Å². The number of benzene rings is 2. The highest BCUT2D eigenvalue weighted by atomic mass is 16.6. The van der Waals surface area contributed by atoms with E-state index in [-0.39, 0.29) is 11.6 Å². The summed E-state index contributed by atoms with van der Waals surface area (Å²) in [4.78, 5) is 27.3. The van der Waals surface area contributed by atoms with E-state index in [1.807, 2.05) is 36.4 Å². The summed E-state index contributed by atoms with van der Waals surface area (Å²) in [7, 11) is 0. The van der Waals surface area contributed by atoms with Gasteiger partial charge >= 0.3 is 5.69 Å². The molecule has 1 N–H and O–H groups in total. The van der Waals surface area contributed by atoms with Crippen molar-refractivity contribution in [3.05, 3.63) is 105 Å². The van der Waals surface area contributed by atoms with Crippen molar-refractivity contribution >= 4 is 11.6 Å². The second-order valence-corrected chi connectivity index (χ2v) is 7.73. The monoisotopic (exact) mass is 445 g/mol. The SMILES string of the molecule is Cc1nn(Cc2ccc(C(=O)NCc3cccc(Cn4cncn4)c3)cc2)c(C)c1[N+](=O)[O-]. The fourth-order valence-electron chi connectivity index (χ4n) is 3.66. The number of rotatable bonds is 8. The van der Waals surface area contributed by atoms with Crippen molar-refractivity contribution in [2.75, 3.05) is 0 Å². The summed E-state index contributed by atoms with van der Waals surface area (Å²) in [5.74, 6) is -0.176. The lowest BCUT2D eigenvalue weighted by Gasteiger charge is -2.09. The first-order valence-electron chi connectivity index (χ1n) is 10.4. The van der Waals surface area contributed by atoms with Gasteiger partial charge in [0.2, 0.25) is 0 Å². The van der Waals surface area contributed by atoms with Crippen molar-refractivity contribution in [2.24, 2.45) is 0 Å². The number of aryl methyl sites for hydroxylation is 1. The molecule has 4 rings (SSSR count). The minimum Gasteiger partial charge on any atom is -0.348 e. The number of nitrogens with one attached hydrogen (secondary N) is 1. The highest BCUT2D eigenvalue weighted by Gasteiger charge is 2.21. The number of hydrogen-bond acceptors (Lipinski definition) is 6. The summed E-state index contributed by atoms with van der Waals surface area (Å²) in [6, 6.07) is 15.1. The molecule has 0 aliphatic heterocycles. The van der Waals surface area contributed by atoms with Gasteiger partial charge in [-0.25, -0.2) is 9.67 Å². The summed E-state index contributed by atoms with van der Waals surface area (Å²) >= 11 is 0. The van der Waals surface area contributed by atoms with Crippen LogP contribution in [0.5, 0.6) is 0 Å². The molecule has 0 saturated carbocycles. The minimum absolute atomic E-state index is 0.0383. The van der Waals surface area contributed by atoms with Gasteiger partial charge in [-0.1, -0.05) is 36.4 Å². The molecule has 0 spiro atoms. The number of nitrogens with zero attached hydrogens (tertiary/aromatic N) is 6. The Kier molecular flexibility index (Phi) is 6.25. The Morgan fingerprint density at radius 1 is 1.06 bits per heavy atom. The van der Waals surface area contributed by atoms with Crippen molar-refractivity contribution < 1.29 is 9.72 Å². The van der Waals surface area contributed by atoms with Crippen molar-refractivity contribution in [2.45, 2.75) is 33.5 Å². The molecule has 0 unspecified atom stereocenters. The summed E-state index contributed by atoms with van der Waals surface area (Å²) in [6.07, 6.45) is 3.16. The minimum atomic E-state index is -0.411. The van der Waals surface area contributed by atoms with Crippen LogP contribution in [0.25, 0.3) is 0 Å². The number of aromatic nitrogens is 5. The van der Waals surface area contributed by atoms with E-state index in [0.717, 1.165) is 16.7 Å². The average molecular weight is 445 g/mol. The molecule has 10 heteroatoms. The van der Waals surface area contributed by atoms with Crippen LogP contribution in [0.3, 0.4) is 0 Å². The van der Waals surface area contributed by atoms with E-state index < -0.39 is 4.92 Å². The topological polar surface area (TPSA) is 121 Å². The van der Waals surface area contributed by atoms with E-state index in [0.29, 0.717) is 36.6 Å². The van der Waals surface area contributed by atoms with E-state index in [2.05, 4.69) is 20.5 Å². The summed E-state index contributed by atoms with van der Waals surface area (Å²) < 4.78 is 3.35. The smallest absolute Gasteiger partial charge is 0.312 e. The molecule has 0 fully saturated rings. The Balaban J connectivity index is 1.36. The van der Waals surface area contributed by atoms with Gasteiger partial charge in [0.15, 0.2) is 0 Å². The fourth-order valence-corrected chi connectivity index (χ4v) is 3.66. The van der Waals surface area contributed by atoms with Crippen LogP contribution in [0.4, 0.5) is 5.69 Å². The molecule has 4 aromatic rings. The van der Waals surface area contributed by atoms with Crippen molar-refractivity contribution in [3.8, 4) is 0 Å². The van der Waals surface area contributed by atoms with Crippen LogP contribution in [0, 0.1) is 24.0 Å². The molecular formula is C23H23N7O3. The maximum Gasteiger partial charge on any atom is 0.312 e. The standard InChI is InChI=1S/C23H23N7O3/c1-16-22(30(32)33)17(2)29(27-16)13-18-6-8-21(9-7-18)23(31)25-11-19-4-3-5-20(10-19)12-28-15-24-14-26-28/h3-10,14-15H,11-13H2,1-2H3,(H,25,31). The predicted octanol–water partition coefficient (Wildman–Crippen LogP) is 3.03. The second-order valence-electron chi connectivity index (χ2n) is 7.73. The number of hydrogen-bond donors (Lipinski definition) is 1. The first kappa shape index (κ1) is 21.9. The van der Waals surface area contributed by atoms with Crippen LogP contribution in [-0.4, -0.2) is 35.4 Å². The zero-order valence-corrected chi connectivity index (χ0v) is 18.3. The third-order valence-corrected chi connectivity index (χ3v) is 5.33. The van der Waals surface area contributed by atoms with Crippen LogP contribution in [-0.2, 0) is 19.6 Å². The van der Waals surface area contributed by atoms with Gasteiger partial charge < -0.3 is 5.32 Å². The predicted molar refractivity (Wildman–Crippen MR) is 121 cm³/mol. The molecule has 2 aromatic carbocycles. The highest BCUT2D eigenvalue weighted by molar-refractivity contribution is 5.94. The normalized spacial score (nSPS) is 10.8. The van der Waals surface area contributed by atoms with Gasteiger partial charge in [-0.3, -0.25) is 19.6 Å². The fraction of sp³-hybridized carbons (Fsp3) is 0.217. The molecule has 168 valence electrons. The molecule has 0 saturated heterocycles. The molecule has 0 aliphatic rings. The molecule has 2 aromatic heterocycles. The van der Waals surface area contributed by atoms with Gasteiger partial charge in [-0.15, -0.1) is 0 Å². The number of carbonyl (C=O) groups excluding carboxylic acids is 1. The van der Waals surface area contributed by atoms with E-state index in [1.165, 1.54) is 6.33 Å². The number of amides is 1. The van der Waals surface area contributed by atoms with Gasteiger partial charge in [-0.05, 0) is 42.7 Å². The van der Waals surface area contributed by atoms with Crippen LogP contribution in [0.2, 0.25) is 0 Å². The maximum atomic E-state index is 12.6. The third kappa shape index (κ3) is 5.12. The first-order valence-corrected chi connectivity index (χ1v) is 10.4. The Morgan fingerprint density at radius 2 is 1.82 bits per heavy atom. The summed E-state index contributed by atoms with van der Waals surface area (Å²) in [6.45, 7) is 4.71. The zero-order valence-electron chi connectivity index (χ0n) is 18.3. The Morgan fingerprint density at radius 3 is 2.48 bits per heavy atom. The summed E-state index contributed by atoms with van der Waals surface area (Å²) in [5, 5.41) is 22.5. The van der Waals surface area contributed by atoms with E-state index in [1.54, 1.807) is 41.7 Å². The Hall–Kier alpha value is -4.34. The van der Waals surface area contributed by atoms with Crippen LogP contribution < -0.4 is 5.32 Å². The largest absolute Gasteiger partial charge is 0.348 e. The second kappa shape index (κ2) is 9.43. The first-order chi connectivity index (χ1) is 15.9. The quantitative estimate of drug-likeness (QED) is 0.329. The van der Waals surface area contributed by atoms with E-state index >= 15 is 0 Å². The lowest BCUT2D eigenvalue weighted by molar-refractivity contribution is -0.386. The Labute approximate surface area is 190 Å². The lowest BCUT2D eigenvalue weighted by Crippen LogP contribution is -2.22. The van der Waals surface area contributed by atoms with Crippen LogP contribution in [0.1, 0.15) is 38.4 Å². The van der Waals surface area contributed by atoms with E-state index in [4.69, 9.17) is 0 Å². The molecule has 2 heterocycles. The molecule has 10 nitrogen and oxygen atoms in total. The molecule has 0 atom stereocenters. The van der Waals surface area contributed by atoms with Crippen molar-refractivity contribution in [1.29, 1.82) is 0 Å². The number of nitro groups is 1. The van der Waals surface area contributed by atoms with E-state index in [9.17, 15) is 14.9 Å². The Bertz CT molecular complexity index is 1280. The van der Waals surface area contributed by atoms with Gasteiger partial charge in [0.1, 0.15) is 24.0 Å². The molecule has 1 amide bonds. The van der Waals surface area contributed by atoms with Gasteiger partial charge in [-0.2, -0.15) is 10.2 Å². The zero-order chi connectivity index (χ0) is 23.4. The molecule has 0 aliphatic carbocycles. The van der Waals surface area contributed by atoms with Gasteiger partial charge in [0.25, 0.3) is 5.91 Å². The molecular weight excluding hydrogens is 422 g/mol.